The van der Waals surface area contributed by atoms with Crippen LogP contribution in [0.25, 0.3) is 0 Å². The van der Waals surface area contributed by atoms with Crippen molar-refractivity contribution in [2.24, 2.45) is 0 Å². The molecule has 1 aromatic heterocycles. The Kier molecular flexibility index (Phi) is 3.76. The first-order chi connectivity index (χ1) is 10.3. The number of aromatic amines is 1. The molecule has 3 rings (SSSR count). The van der Waals surface area contributed by atoms with Gasteiger partial charge in [0.15, 0.2) is 0 Å². The minimum atomic E-state index is -3.28. The van der Waals surface area contributed by atoms with Crippen LogP contribution in [0, 0.1) is 6.92 Å². The van der Waals surface area contributed by atoms with E-state index in [9.17, 15) is 13.2 Å². The number of nitrogens with zero attached hydrogens (tertiary/aromatic N) is 2. The van der Waals surface area contributed by atoms with Crippen LogP contribution in [-0.2, 0) is 10.0 Å². The quantitative estimate of drug-likeness (QED) is 0.841. The Morgan fingerprint density at radius 3 is 2.82 bits per heavy atom. The Hall–Kier alpha value is -1.41. The van der Waals surface area contributed by atoms with Gasteiger partial charge in [-0.25, -0.2) is 18.1 Å². The van der Waals surface area contributed by atoms with E-state index in [1.54, 1.807) is 13.8 Å². The number of aromatic nitrogens is 2. The molecule has 2 N–H and O–H groups in total. The van der Waals surface area contributed by atoms with Crippen LogP contribution in [0.2, 0.25) is 0 Å². The van der Waals surface area contributed by atoms with Crippen molar-refractivity contribution in [3.05, 3.63) is 22.1 Å². The molecule has 1 aliphatic heterocycles. The summed E-state index contributed by atoms with van der Waals surface area (Å²) in [5.41, 5.74) is 0.475. The molecular formula is C14H22N4O3S. The molecule has 0 bridgehead atoms. The van der Waals surface area contributed by atoms with Gasteiger partial charge in [0.25, 0.3) is 5.56 Å². The van der Waals surface area contributed by atoms with Crippen molar-refractivity contribution in [2.45, 2.75) is 50.3 Å². The first-order valence-corrected chi connectivity index (χ1v) is 9.12. The van der Waals surface area contributed by atoms with Gasteiger partial charge in [0.05, 0.1) is 4.75 Å². The second-order valence-electron chi connectivity index (χ2n) is 6.57. The highest BCUT2D eigenvalue weighted by molar-refractivity contribution is 7.91. The second kappa shape index (κ2) is 5.34. The maximum absolute atomic E-state index is 12.3. The van der Waals surface area contributed by atoms with E-state index >= 15 is 0 Å². The van der Waals surface area contributed by atoms with Crippen LogP contribution < -0.4 is 15.2 Å². The highest BCUT2D eigenvalue weighted by Crippen LogP contribution is 2.42. The summed E-state index contributed by atoms with van der Waals surface area (Å²) in [7, 11) is -3.28. The van der Waals surface area contributed by atoms with Crippen LogP contribution in [-0.4, -0.2) is 42.3 Å². The van der Waals surface area contributed by atoms with Crippen molar-refractivity contribution in [3.8, 4) is 0 Å². The molecule has 22 heavy (non-hydrogen) atoms. The number of rotatable bonds is 4. The predicted molar refractivity (Wildman–Crippen MR) is 84.5 cm³/mol. The van der Waals surface area contributed by atoms with E-state index in [1.807, 2.05) is 4.90 Å². The van der Waals surface area contributed by atoms with Gasteiger partial charge in [0.1, 0.15) is 0 Å². The number of hydrogen-bond donors (Lipinski definition) is 2. The highest BCUT2D eigenvalue weighted by Gasteiger charge is 2.50. The summed E-state index contributed by atoms with van der Waals surface area (Å²) in [6.45, 7) is 4.86. The molecule has 1 unspecified atom stereocenters. The summed E-state index contributed by atoms with van der Waals surface area (Å²) in [6.07, 6.45) is 3.13. The van der Waals surface area contributed by atoms with E-state index in [4.69, 9.17) is 0 Å². The smallest absolute Gasteiger partial charge is 0.252 e. The van der Waals surface area contributed by atoms with E-state index in [2.05, 4.69) is 14.7 Å². The fraction of sp³-hybridized carbons (Fsp3) is 0.714. The molecule has 1 atom stereocenters. The molecule has 2 aliphatic rings. The summed E-state index contributed by atoms with van der Waals surface area (Å²) in [4.78, 5) is 20.6. The zero-order valence-electron chi connectivity index (χ0n) is 12.9. The number of anilines is 1. The van der Waals surface area contributed by atoms with Crippen molar-refractivity contribution < 1.29 is 8.42 Å². The zero-order chi connectivity index (χ0) is 16.0. The number of piperidine rings is 1. The Bertz CT molecular complexity index is 724. The molecule has 8 heteroatoms. The minimum absolute atomic E-state index is 0.137. The molecule has 0 amide bonds. The van der Waals surface area contributed by atoms with Gasteiger partial charge in [-0.05, 0) is 39.5 Å². The third-order valence-corrected chi connectivity index (χ3v) is 6.85. The number of aryl methyl sites for hydroxylation is 1. The Morgan fingerprint density at radius 2 is 2.18 bits per heavy atom. The van der Waals surface area contributed by atoms with Crippen LogP contribution >= 0.6 is 0 Å². The average molecular weight is 326 g/mol. The van der Waals surface area contributed by atoms with Crippen molar-refractivity contribution in [3.63, 3.8) is 0 Å². The van der Waals surface area contributed by atoms with Crippen LogP contribution in [0.4, 0.5) is 5.95 Å². The number of H-pyrrole nitrogens is 1. The third-order valence-electron chi connectivity index (χ3n) is 4.50. The molecule has 2 heterocycles. The van der Waals surface area contributed by atoms with Crippen molar-refractivity contribution in [1.82, 2.24) is 14.7 Å². The van der Waals surface area contributed by atoms with Crippen molar-refractivity contribution >= 4 is 16.0 Å². The number of hydrogen-bond acceptors (Lipinski definition) is 5. The van der Waals surface area contributed by atoms with E-state index in [0.717, 1.165) is 32.2 Å². The van der Waals surface area contributed by atoms with Gasteiger partial charge in [-0.1, -0.05) is 0 Å². The molecule has 1 saturated carbocycles. The van der Waals surface area contributed by atoms with Crippen molar-refractivity contribution in [1.29, 1.82) is 0 Å². The van der Waals surface area contributed by atoms with Gasteiger partial charge in [-0.3, -0.25) is 9.78 Å². The minimum Gasteiger partial charge on any atom is -0.341 e. The van der Waals surface area contributed by atoms with E-state index < -0.39 is 14.8 Å². The number of sulfonamides is 1. The van der Waals surface area contributed by atoms with Crippen molar-refractivity contribution in [2.75, 3.05) is 18.0 Å². The van der Waals surface area contributed by atoms with Gasteiger partial charge < -0.3 is 4.90 Å². The molecule has 0 radical (unpaired) electrons. The SMILES string of the molecule is Cc1cc(=O)[nH]c(N2CCCC(NS(=O)(=O)C3(C)CC3)C2)n1. The fourth-order valence-electron chi connectivity index (χ4n) is 2.79. The molecular weight excluding hydrogens is 304 g/mol. The number of nitrogens with one attached hydrogen (secondary N) is 2. The van der Waals surface area contributed by atoms with Crippen LogP contribution in [0.1, 0.15) is 38.3 Å². The van der Waals surface area contributed by atoms with Crippen LogP contribution in [0.5, 0.6) is 0 Å². The normalized spacial score (nSPS) is 24.3. The molecule has 7 nitrogen and oxygen atoms in total. The summed E-state index contributed by atoms with van der Waals surface area (Å²) < 4.78 is 26.9. The maximum Gasteiger partial charge on any atom is 0.252 e. The molecule has 1 aliphatic carbocycles. The van der Waals surface area contributed by atoms with E-state index in [0.29, 0.717) is 18.2 Å². The predicted octanol–water partition coefficient (Wildman–Crippen LogP) is 0.519. The Balaban J connectivity index is 1.73. The Morgan fingerprint density at radius 1 is 1.45 bits per heavy atom. The largest absolute Gasteiger partial charge is 0.341 e. The summed E-state index contributed by atoms with van der Waals surface area (Å²) in [5.74, 6) is 0.520. The summed E-state index contributed by atoms with van der Waals surface area (Å²) in [6, 6.07) is 1.31. The molecule has 1 aromatic rings. The lowest BCUT2D eigenvalue weighted by molar-refractivity contribution is 0.457. The lowest BCUT2D eigenvalue weighted by atomic mass is 10.1. The summed E-state index contributed by atoms with van der Waals surface area (Å²) >= 11 is 0. The average Bonchev–Trinajstić information content (AvgIpc) is 3.17. The van der Waals surface area contributed by atoms with Gasteiger partial charge in [0.2, 0.25) is 16.0 Å². The lowest BCUT2D eigenvalue weighted by Crippen LogP contribution is -2.50. The topological polar surface area (TPSA) is 95.2 Å². The third kappa shape index (κ3) is 3.03. The Labute approximate surface area is 130 Å². The first kappa shape index (κ1) is 15.5. The monoisotopic (exact) mass is 326 g/mol. The van der Waals surface area contributed by atoms with E-state index in [1.165, 1.54) is 6.07 Å². The molecule has 1 saturated heterocycles. The highest BCUT2D eigenvalue weighted by atomic mass is 32.2. The fourth-order valence-corrected chi connectivity index (χ4v) is 4.34. The standard InChI is InChI=1S/C14H22N4O3S/c1-10-8-12(19)16-13(15-10)18-7-3-4-11(9-18)17-22(20,21)14(2)5-6-14/h8,11,17H,3-7,9H2,1-2H3,(H,15,16,19). The van der Waals surface area contributed by atoms with Crippen LogP contribution in [0.15, 0.2) is 10.9 Å². The zero-order valence-corrected chi connectivity index (χ0v) is 13.7. The van der Waals surface area contributed by atoms with Crippen LogP contribution in [0.3, 0.4) is 0 Å². The maximum atomic E-state index is 12.3. The molecule has 0 aromatic carbocycles. The first-order valence-electron chi connectivity index (χ1n) is 7.64. The van der Waals surface area contributed by atoms with Gasteiger partial charge in [0, 0.05) is 30.9 Å². The van der Waals surface area contributed by atoms with Gasteiger partial charge >= 0.3 is 0 Å². The lowest BCUT2D eigenvalue weighted by Gasteiger charge is -2.34. The second-order valence-corrected chi connectivity index (χ2v) is 8.79. The summed E-state index contributed by atoms with van der Waals surface area (Å²) in [5, 5.41) is 0. The van der Waals surface area contributed by atoms with E-state index in [-0.39, 0.29) is 11.6 Å². The molecule has 122 valence electrons. The van der Waals surface area contributed by atoms with Gasteiger partial charge in [-0.15, -0.1) is 0 Å². The van der Waals surface area contributed by atoms with Gasteiger partial charge in [-0.2, -0.15) is 0 Å². The molecule has 2 fully saturated rings. The molecule has 0 spiro atoms.